The van der Waals surface area contributed by atoms with Gasteiger partial charge < -0.3 is 9.64 Å². The van der Waals surface area contributed by atoms with Crippen molar-refractivity contribution in [3.8, 4) is 5.75 Å². The molecule has 0 saturated carbocycles. The fraction of sp³-hybridized carbons (Fsp3) is 0.435. The van der Waals surface area contributed by atoms with Gasteiger partial charge in [0.2, 0.25) is 5.91 Å². The van der Waals surface area contributed by atoms with Gasteiger partial charge in [0.25, 0.3) is 0 Å². The van der Waals surface area contributed by atoms with Crippen LogP contribution in [0.1, 0.15) is 29.9 Å². The Morgan fingerprint density at radius 3 is 2.37 bits per heavy atom. The highest BCUT2D eigenvalue weighted by Gasteiger charge is 2.33. The number of rotatable bonds is 5. The van der Waals surface area contributed by atoms with E-state index in [2.05, 4.69) is 48.2 Å². The van der Waals surface area contributed by atoms with E-state index in [1.807, 2.05) is 23.1 Å². The summed E-state index contributed by atoms with van der Waals surface area (Å²) in [4.78, 5) is 16.8. The van der Waals surface area contributed by atoms with Crippen LogP contribution in [0.25, 0.3) is 0 Å². The van der Waals surface area contributed by atoms with E-state index in [1.54, 1.807) is 0 Å². The lowest BCUT2D eigenvalue weighted by Gasteiger charge is -2.41. The minimum Gasteiger partial charge on any atom is -0.486 e. The van der Waals surface area contributed by atoms with E-state index in [0.717, 1.165) is 37.2 Å². The fourth-order valence-electron chi connectivity index (χ4n) is 4.03. The summed E-state index contributed by atoms with van der Waals surface area (Å²) in [5.41, 5.74) is 2.57. The Morgan fingerprint density at radius 2 is 1.67 bits per heavy atom. The average Bonchev–Trinajstić information content (AvgIpc) is 2.67. The van der Waals surface area contributed by atoms with Gasteiger partial charge in [-0.25, -0.2) is 0 Å². The van der Waals surface area contributed by atoms with Gasteiger partial charge in [-0.3, -0.25) is 9.69 Å². The Morgan fingerprint density at radius 1 is 1.00 bits per heavy atom. The summed E-state index contributed by atoms with van der Waals surface area (Å²) >= 11 is 0. The van der Waals surface area contributed by atoms with Gasteiger partial charge in [-0.15, -0.1) is 0 Å². The molecular weight excluding hydrogens is 336 g/mol. The van der Waals surface area contributed by atoms with Crippen molar-refractivity contribution < 1.29 is 9.53 Å². The van der Waals surface area contributed by atoms with Gasteiger partial charge in [0.05, 0.1) is 19.6 Å². The molecule has 0 unspecified atom stereocenters. The summed E-state index contributed by atoms with van der Waals surface area (Å²) in [6.07, 6.45) is 2.39. The summed E-state index contributed by atoms with van der Waals surface area (Å²) < 4.78 is 6.01. The predicted molar refractivity (Wildman–Crippen MR) is 107 cm³/mol. The Bertz CT molecular complexity index is 763. The van der Waals surface area contributed by atoms with E-state index >= 15 is 0 Å². The molecule has 0 aliphatic carbocycles. The first kappa shape index (κ1) is 18.1. The molecular formula is C23H28N2O2. The number of carbonyl (C=O) groups is 1. The molecule has 0 atom stereocenters. The van der Waals surface area contributed by atoms with Crippen molar-refractivity contribution in [2.75, 3.05) is 32.7 Å². The molecule has 2 aliphatic heterocycles. The molecule has 2 aromatic rings. The SMILES string of the molecule is Cc1ccccc1OC1CN(C(=O)CN2CCC(c3ccccc3)CC2)C1. The number of ether oxygens (including phenoxy) is 1. The van der Waals surface area contributed by atoms with Gasteiger partial charge in [-0.2, -0.15) is 0 Å². The first-order chi connectivity index (χ1) is 13.2. The van der Waals surface area contributed by atoms with Gasteiger partial charge in [0, 0.05) is 0 Å². The minimum absolute atomic E-state index is 0.124. The van der Waals surface area contributed by atoms with Crippen LogP contribution < -0.4 is 4.74 Å². The van der Waals surface area contributed by atoms with Crippen LogP contribution in [0.2, 0.25) is 0 Å². The Balaban J connectivity index is 1.19. The van der Waals surface area contributed by atoms with Crippen LogP contribution in [0.5, 0.6) is 5.75 Å². The van der Waals surface area contributed by atoms with E-state index in [-0.39, 0.29) is 12.0 Å². The van der Waals surface area contributed by atoms with Gasteiger partial charge >= 0.3 is 0 Å². The molecule has 2 fully saturated rings. The summed E-state index contributed by atoms with van der Waals surface area (Å²) in [6.45, 7) is 6.00. The van der Waals surface area contributed by atoms with Gasteiger partial charge in [-0.1, -0.05) is 48.5 Å². The first-order valence-corrected chi connectivity index (χ1v) is 9.96. The second-order valence-corrected chi connectivity index (χ2v) is 7.77. The van der Waals surface area contributed by atoms with Crippen molar-refractivity contribution in [2.45, 2.75) is 31.8 Å². The molecule has 2 aliphatic rings. The minimum atomic E-state index is 0.124. The molecule has 2 saturated heterocycles. The normalized spacial score (nSPS) is 18.9. The number of hydrogen-bond acceptors (Lipinski definition) is 3. The number of benzene rings is 2. The molecule has 0 aromatic heterocycles. The van der Waals surface area contributed by atoms with Crippen molar-refractivity contribution in [3.63, 3.8) is 0 Å². The molecule has 4 heteroatoms. The van der Waals surface area contributed by atoms with E-state index in [0.29, 0.717) is 25.6 Å². The number of nitrogens with zero attached hydrogens (tertiary/aromatic N) is 2. The predicted octanol–water partition coefficient (Wildman–Crippen LogP) is 3.46. The zero-order chi connectivity index (χ0) is 18.6. The number of carbonyl (C=O) groups excluding carboxylic acids is 1. The van der Waals surface area contributed by atoms with Crippen LogP contribution in [0.4, 0.5) is 0 Å². The molecule has 0 bridgehead atoms. The molecule has 4 rings (SSSR count). The summed E-state index contributed by atoms with van der Waals surface area (Å²) in [5, 5.41) is 0. The zero-order valence-electron chi connectivity index (χ0n) is 16.0. The molecule has 0 spiro atoms. The van der Waals surface area contributed by atoms with E-state index in [1.165, 1.54) is 5.56 Å². The highest BCUT2D eigenvalue weighted by atomic mass is 16.5. The molecule has 0 radical (unpaired) electrons. The standard InChI is InChI=1S/C23H28N2O2/c1-18-7-5-6-10-22(18)27-21-15-25(16-21)23(26)17-24-13-11-20(12-14-24)19-8-3-2-4-9-19/h2-10,20-21H,11-17H2,1H3. The Hall–Kier alpha value is -2.33. The number of aryl methyl sites for hydroxylation is 1. The topological polar surface area (TPSA) is 32.8 Å². The smallest absolute Gasteiger partial charge is 0.237 e. The average molecular weight is 364 g/mol. The van der Waals surface area contributed by atoms with Crippen molar-refractivity contribution in [1.29, 1.82) is 0 Å². The summed E-state index contributed by atoms with van der Waals surface area (Å²) in [7, 11) is 0. The third-order valence-corrected chi connectivity index (χ3v) is 5.81. The quantitative estimate of drug-likeness (QED) is 0.814. The summed E-state index contributed by atoms with van der Waals surface area (Å²) in [5.74, 6) is 1.80. The van der Waals surface area contributed by atoms with Crippen LogP contribution in [-0.4, -0.2) is 54.5 Å². The van der Waals surface area contributed by atoms with E-state index in [9.17, 15) is 4.79 Å². The van der Waals surface area contributed by atoms with Crippen molar-refractivity contribution in [1.82, 2.24) is 9.80 Å². The molecule has 4 nitrogen and oxygen atoms in total. The van der Waals surface area contributed by atoms with E-state index in [4.69, 9.17) is 4.74 Å². The van der Waals surface area contributed by atoms with Crippen LogP contribution >= 0.6 is 0 Å². The number of piperidine rings is 1. The van der Waals surface area contributed by atoms with Crippen LogP contribution in [0.15, 0.2) is 54.6 Å². The first-order valence-electron chi connectivity index (χ1n) is 9.96. The van der Waals surface area contributed by atoms with Crippen LogP contribution in [0, 0.1) is 6.92 Å². The maximum Gasteiger partial charge on any atom is 0.237 e. The van der Waals surface area contributed by atoms with Crippen molar-refractivity contribution in [2.24, 2.45) is 0 Å². The van der Waals surface area contributed by atoms with Crippen molar-refractivity contribution in [3.05, 3.63) is 65.7 Å². The lowest BCUT2D eigenvalue weighted by atomic mass is 9.89. The fourth-order valence-corrected chi connectivity index (χ4v) is 4.03. The van der Waals surface area contributed by atoms with Crippen LogP contribution in [0.3, 0.4) is 0 Å². The number of likely N-dealkylation sites (tertiary alicyclic amines) is 2. The molecule has 2 aromatic carbocycles. The number of para-hydroxylation sites is 1. The molecule has 142 valence electrons. The molecule has 27 heavy (non-hydrogen) atoms. The Kier molecular flexibility index (Phi) is 5.44. The maximum absolute atomic E-state index is 12.5. The van der Waals surface area contributed by atoms with Crippen LogP contribution in [-0.2, 0) is 4.79 Å². The van der Waals surface area contributed by atoms with Gasteiger partial charge in [-0.05, 0) is 56.0 Å². The number of hydrogen-bond donors (Lipinski definition) is 0. The third-order valence-electron chi connectivity index (χ3n) is 5.81. The molecule has 2 heterocycles. The highest BCUT2D eigenvalue weighted by molar-refractivity contribution is 5.79. The second-order valence-electron chi connectivity index (χ2n) is 7.77. The summed E-state index contributed by atoms with van der Waals surface area (Å²) in [6, 6.07) is 18.8. The maximum atomic E-state index is 12.5. The lowest BCUT2D eigenvalue weighted by molar-refractivity contribution is -0.141. The second kappa shape index (κ2) is 8.13. The molecule has 0 N–H and O–H groups in total. The number of amides is 1. The largest absolute Gasteiger partial charge is 0.486 e. The lowest BCUT2D eigenvalue weighted by Crippen LogP contribution is -2.58. The van der Waals surface area contributed by atoms with E-state index < -0.39 is 0 Å². The Labute approximate surface area is 161 Å². The van der Waals surface area contributed by atoms with Gasteiger partial charge in [0.15, 0.2) is 0 Å². The highest BCUT2D eigenvalue weighted by Crippen LogP contribution is 2.28. The van der Waals surface area contributed by atoms with Crippen molar-refractivity contribution >= 4 is 5.91 Å². The monoisotopic (exact) mass is 364 g/mol. The van der Waals surface area contributed by atoms with Gasteiger partial charge in [0.1, 0.15) is 11.9 Å². The molecule has 1 amide bonds. The third kappa shape index (κ3) is 4.33. The zero-order valence-corrected chi connectivity index (χ0v) is 16.0.